The smallest absolute Gasteiger partial charge is 0.494 e. The average Bonchev–Trinajstić information content (AvgIpc) is 2.82. The van der Waals surface area contributed by atoms with Crippen LogP contribution in [0.15, 0.2) is 18.2 Å². The van der Waals surface area contributed by atoms with Gasteiger partial charge in [-0.3, -0.25) is 0 Å². The third-order valence-electron chi connectivity index (χ3n) is 5.98. The molecule has 0 aromatic heterocycles. The Labute approximate surface area is 163 Å². The lowest BCUT2D eigenvalue weighted by atomic mass is 9.79. The van der Waals surface area contributed by atoms with E-state index in [0.717, 1.165) is 44.6 Å². The van der Waals surface area contributed by atoms with Gasteiger partial charge in [0.2, 0.25) is 0 Å². The maximum Gasteiger partial charge on any atom is 0.494 e. The summed E-state index contributed by atoms with van der Waals surface area (Å²) in [5.74, 6) is 0.635. The van der Waals surface area contributed by atoms with E-state index in [0.29, 0.717) is 12.4 Å². The molecule has 1 N–H and O–H groups in total. The number of phenolic OH excluding ortho intramolecular Hbond substituents is 1. The van der Waals surface area contributed by atoms with Gasteiger partial charge in [0, 0.05) is 32.7 Å². The van der Waals surface area contributed by atoms with Crippen molar-refractivity contribution >= 4 is 12.6 Å². The summed E-state index contributed by atoms with van der Waals surface area (Å²) in [5, 5.41) is 10.1. The first-order chi connectivity index (χ1) is 12.7. The van der Waals surface area contributed by atoms with Crippen molar-refractivity contribution in [1.82, 2.24) is 9.80 Å². The average molecular weight is 376 g/mol. The highest BCUT2D eigenvalue weighted by molar-refractivity contribution is 6.62. The van der Waals surface area contributed by atoms with Crippen molar-refractivity contribution in [2.24, 2.45) is 0 Å². The van der Waals surface area contributed by atoms with E-state index in [1.54, 1.807) is 6.07 Å². The Kier molecular flexibility index (Phi) is 6.06. The fourth-order valence-electron chi connectivity index (χ4n) is 3.31. The maximum absolute atomic E-state index is 10.1. The molecule has 2 aliphatic heterocycles. The summed E-state index contributed by atoms with van der Waals surface area (Å²) in [6.45, 7) is 14.2. The molecule has 27 heavy (non-hydrogen) atoms. The van der Waals surface area contributed by atoms with Gasteiger partial charge in [-0.2, -0.15) is 0 Å². The summed E-state index contributed by atoms with van der Waals surface area (Å²) in [7, 11) is 1.71. The summed E-state index contributed by atoms with van der Waals surface area (Å²) >= 11 is 0. The Bertz CT molecular complexity index is 629. The number of benzene rings is 1. The number of ether oxygens (including phenoxy) is 1. The first-order valence-corrected chi connectivity index (χ1v) is 9.90. The van der Waals surface area contributed by atoms with Crippen LogP contribution in [0.4, 0.5) is 0 Å². The van der Waals surface area contributed by atoms with E-state index >= 15 is 0 Å². The molecule has 0 radical (unpaired) electrons. The number of hydrogen-bond donors (Lipinski definition) is 1. The van der Waals surface area contributed by atoms with Crippen LogP contribution in [0.2, 0.25) is 0 Å². The second-order valence-corrected chi connectivity index (χ2v) is 8.66. The van der Waals surface area contributed by atoms with Crippen LogP contribution in [0.5, 0.6) is 11.5 Å². The van der Waals surface area contributed by atoms with Crippen molar-refractivity contribution < 1.29 is 19.2 Å². The molecule has 3 rings (SSSR count). The highest BCUT2D eigenvalue weighted by Crippen LogP contribution is 2.37. The van der Waals surface area contributed by atoms with E-state index in [2.05, 4.69) is 16.8 Å². The van der Waals surface area contributed by atoms with Crippen molar-refractivity contribution in [2.75, 3.05) is 46.4 Å². The Morgan fingerprint density at radius 2 is 1.70 bits per heavy atom. The highest BCUT2D eigenvalue weighted by Gasteiger charge is 2.51. The number of rotatable bonds is 6. The van der Waals surface area contributed by atoms with E-state index in [1.165, 1.54) is 0 Å². The molecule has 0 bridgehead atoms. The minimum atomic E-state index is -0.455. The predicted octanol–water partition coefficient (Wildman–Crippen LogP) is 1.71. The van der Waals surface area contributed by atoms with Gasteiger partial charge < -0.3 is 29.0 Å². The number of piperazine rings is 1. The Morgan fingerprint density at radius 1 is 1.07 bits per heavy atom. The number of aromatic hydroxyl groups is 1. The molecule has 0 aliphatic carbocycles. The molecule has 2 fully saturated rings. The number of likely N-dealkylation sites (N-methyl/N-ethyl adjacent to an activating group) is 1. The first kappa shape index (κ1) is 20.5. The molecule has 150 valence electrons. The van der Waals surface area contributed by atoms with Gasteiger partial charge in [-0.15, -0.1) is 0 Å². The van der Waals surface area contributed by atoms with Crippen molar-refractivity contribution in [1.29, 1.82) is 0 Å². The van der Waals surface area contributed by atoms with Gasteiger partial charge in [0.05, 0.1) is 17.8 Å². The van der Waals surface area contributed by atoms with Gasteiger partial charge in [-0.1, -0.05) is 6.07 Å². The summed E-state index contributed by atoms with van der Waals surface area (Å²) in [6, 6.07) is 5.30. The minimum absolute atomic E-state index is 0.148. The van der Waals surface area contributed by atoms with Crippen molar-refractivity contribution in [3.8, 4) is 11.5 Å². The SMILES string of the molecule is CN1CCN(CCCOc2cc(B3OC(C)(C)C(C)(C)O3)ccc2O)CC1. The van der Waals surface area contributed by atoms with E-state index < -0.39 is 7.12 Å². The van der Waals surface area contributed by atoms with E-state index in [9.17, 15) is 5.11 Å². The van der Waals surface area contributed by atoms with Crippen LogP contribution in [0.25, 0.3) is 0 Å². The second kappa shape index (κ2) is 7.99. The lowest BCUT2D eigenvalue weighted by Crippen LogP contribution is -2.44. The molecule has 2 aliphatic rings. The minimum Gasteiger partial charge on any atom is -0.504 e. The normalized spacial score (nSPS) is 22.9. The van der Waals surface area contributed by atoms with Gasteiger partial charge in [-0.05, 0) is 58.8 Å². The maximum atomic E-state index is 10.1. The second-order valence-electron chi connectivity index (χ2n) is 8.66. The summed E-state index contributed by atoms with van der Waals surface area (Å²) < 4.78 is 18.0. The number of hydrogen-bond acceptors (Lipinski definition) is 6. The van der Waals surface area contributed by atoms with Crippen molar-refractivity contribution in [3.63, 3.8) is 0 Å². The molecular formula is C20H33BN2O4. The van der Waals surface area contributed by atoms with Gasteiger partial charge in [0.25, 0.3) is 0 Å². The number of nitrogens with zero attached hydrogens (tertiary/aromatic N) is 2. The third kappa shape index (κ3) is 4.77. The van der Waals surface area contributed by atoms with Crippen molar-refractivity contribution in [2.45, 2.75) is 45.3 Å². The molecule has 1 aromatic rings. The zero-order valence-electron chi connectivity index (χ0n) is 17.3. The van der Waals surface area contributed by atoms with Crippen LogP contribution in [0.1, 0.15) is 34.1 Å². The molecular weight excluding hydrogens is 343 g/mol. The largest absolute Gasteiger partial charge is 0.504 e. The lowest BCUT2D eigenvalue weighted by Gasteiger charge is -2.32. The van der Waals surface area contributed by atoms with Gasteiger partial charge >= 0.3 is 7.12 Å². The van der Waals surface area contributed by atoms with E-state index in [-0.39, 0.29) is 17.0 Å². The van der Waals surface area contributed by atoms with E-state index in [4.69, 9.17) is 14.0 Å². The molecule has 0 unspecified atom stereocenters. The molecule has 7 heteroatoms. The number of phenols is 1. The Balaban J connectivity index is 1.53. The van der Waals surface area contributed by atoms with Crippen LogP contribution in [0.3, 0.4) is 0 Å². The van der Waals surface area contributed by atoms with Crippen LogP contribution < -0.4 is 10.2 Å². The van der Waals surface area contributed by atoms with Gasteiger partial charge in [-0.25, -0.2) is 0 Å². The zero-order valence-corrected chi connectivity index (χ0v) is 17.3. The lowest BCUT2D eigenvalue weighted by molar-refractivity contribution is 0.00578. The molecule has 0 saturated carbocycles. The summed E-state index contributed by atoms with van der Waals surface area (Å²) in [6.07, 6.45) is 0.934. The topological polar surface area (TPSA) is 54.4 Å². The van der Waals surface area contributed by atoms with Crippen LogP contribution >= 0.6 is 0 Å². The highest BCUT2D eigenvalue weighted by atomic mass is 16.7. The predicted molar refractivity (Wildman–Crippen MR) is 108 cm³/mol. The Hall–Kier alpha value is -1.28. The standard InChI is InChI=1S/C20H33BN2O4/c1-19(2)20(3,4)27-21(26-19)16-7-8-17(24)18(15-16)25-14-6-9-23-12-10-22(5)11-13-23/h7-8,15,24H,6,9-14H2,1-5H3. The molecule has 2 saturated heterocycles. The van der Waals surface area contributed by atoms with E-state index in [1.807, 2.05) is 39.8 Å². The Morgan fingerprint density at radius 3 is 2.33 bits per heavy atom. The summed E-state index contributed by atoms with van der Waals surface area (Å²) in [5.41, 5.74) is 0.0820. The fourth-order valence-corrected chi connectivity index (χ4v) is 3.31. The van der Waals surface area contributed by atoms with Crippen LogP contribution in [-0.2, 0) is 9.31 Å². The van der Waals surface area contributed by atoms with Crippen LogP contribution in [-0.4, -0.2) is 79.6 Å². The van der Waals surface area contributed by atoms with Crippen LogP contribution in [0, 0.1) is 0 Å². The molecule has 0 spiro atoms. The zero-order chi connectivity index (χ0) is 19.7. The van der Waals surface area contributed by atoms with Gasteiger partial charge in [0.15, 0.2) is 11.5 Å². The molecule has 2 heterocycles. The van der Waals surface area contributed by atoms with Gasteiger partial charge in [0.1, 0.15) is 0 Å². The van der Waals surface area contributed by atoms with Crippen molar-refractivity contribution in [3.05, 3.63) is 18.2 Å². The third-order valence-corrected chi connectivity index (χ3v) is 5.98. The quantitative estimate of drug-likeness (QED) is 0.603. The monoisotopic (exact) mass is 376 g/mol. The first-order valence-electron chi connectivity index (χ1n) is 9.90. The fraction of sp³-hybridized carbons (Fsp3) is 0.700. The summed E-state index contributed by atoms with van der Waals surface area (Å²) in [4.78, 5) is 4.82. The molecule has 6 nitrogen and oxygen atoms in total. The molecule has 0 amide bonds. The molecule has 0 atom stereocenters. The molecule has 1 aromatic carbocycles.